The smallest absolute Gasteiger partial charge is 0.403 e. The average Bonchev–Trinajstić information content (AvgIpc) is 2.19. The molecule has 0 aromatic carbocycles. The molecular formula is C10H18F3NO4. The summed E-state index contributed by atoms with van der Waals surface area (Å²) in [5, 5.41) is 20.5. The lowest BCUT2D eigenvalue weighted by Crippen LogP contribution is -2.45. The van der Waals surface area contributed by atoms with E-state index in [1.54, 1.807) is 0 Å². The van der Waals surface area contributed by atoms with Crippen molar-refractivity contribution in [3.8, 4) is 0 Å². The molecule has 0 spiro atoms. The number of alkyl halides is 3. The van der Waals surface area contributed by atoms with Gasteiger partial charge in [-0.05, 0) is 6.92 Å². The minimum atomic E-state index is -4.81. The number of rotatable bonds is 8. The van der Waals surface area contributed by atoms with Gasteiger partial charge in [0.05, 0.1) is 5.60 Å². The van der Waals surface area contributed by atoms with Crippen LogP contribution in [0, 0.1) is 5.92 Å². The number of ether oxygens (including phenoxy) is 1. The van der Waals surface area contributed by atoms with E-state index >= 15 is 0 Å². The van der Waals surface area contributed by atoms with Crippen molar-refractivity contribution in [1.82, 2.24) is 5.32 Å². The van der Waals surface area contributed by atoms with Crippen LogP contribution >= 0.6 is 0 Å². The van der Waals surface area contributed by atoms with E-state index < -0.39 is 30.2 Å². The quantitative estimate of drug-likeness (QED) is 0.604. The number of carbonyl (C=O) groups is 1. The molecule has 0 aliphatic rings. The predicted molar refractivity (Wildman–Crippen MR) is 57.2 cm³/mol. The van der Waals surface area contributed by atoms with Crippen LogP contribution in [0.2, 0.25) is 0 Å². The van der Waals surface area contributed by atoms with E-state index in [2.05, 4.69) is 5.32 Å². The van der Waals surface area contributed by atoms with Gasteiger partial charge in [-0.25, -0.2) is 0 Å². The molecule has 0 fully saturated rings. The summed E-state index contributed by atoms with van der Waals surface area (Å²) in [6.45, 7) is 0.775. The first-order valence-corrected chi connectivity index (χ1v) is 5.32. The largest absolute Gasteiger partial charge is 0.481 e. The molecule has 0 bridgehead atoms. The first kappa shape index (κ1) is 17.1. The minimum Gasteiger partial charge on any atom is -0.481 e. The maximum absolute atomic E-state index is 12.3. The van der Waals surface area contributed by atoms with Crippen molar-refractivity contribution in [1.29, 1.82) is 0 Å². The zero-order valence-electron chi connectivity index (χ0n) is 10.3. The first-order valence-electron chi connectivity index (χ1n) is 5.32. The number of hydrogen-bond donors (Lipinski definition) is 3. The summed E-state index contributed by atoms with van der Waals surface area (Å²) in [4.78, 5) is 10.4. The van der Waals surface area contributed by atoms with Crippen LogP contribution in [0.3, 0.4) is 0 Å². The Bertz CT molecular complexity index is 268. The summed E-state index contributed by atoms with van der Waals surface area (Å²) < 4.78 is 41.6. The Labute approximate surface area is 103 Å². The summed E-state index contributed by atoms with van der Waals surface area (Å²) in [5.41, 5.74) is -1.25. The third-order valence-corrected chi connectivity index (χ3v) is 2.39. The van der Waals surface area contributed by atoms with Gasteiger partial charge in [-0.3, -0.25) is 4.79 Å². The fourth-order valence-electron chi connectivity index (χ4n) is 1.24. The Morgan fingerprint density at radius 3 is 2.39 bits per heavy atom. The van der Waals surface area contributed by atoms with Gasteiger partial charge in [0.15, 0.2) is 5.92 Å². The number of aliphatic carboxylic acids is 1. The lowest BCUT2D eigenvalue weighted by atomic mass is 10.0. The fourth-order valence-corrected chi connectivity index (χ4v) is 1.24. The summed E-state index contributed by atoms with van der Waals surface area (Å²) in [7, 11) is 1.44. The fraction of sp³-hybridized carbons (Fsp3) is 0.900. The second-order valence-corrected chi connectivity index (χ2v) is 4.30. The van der Waals surface area contributed by atoms with Gasteiger partial charge in [-0.15, -0.1) is 0 Å². The normalized spacial score (nSPS) is 17.2. The van der Waals surface area contributed by atoms with Crippen LogP contribution in [0.1, 0.15) is 13.3 Å². The number of hydrogen-bond acceptors (Lipinski definition) is 4. The highest BCUT2D eigenvalue weighted by Crippen LogP contribution is 2.25. The highest BCUT2D eigenvalue weighted by Gasteiger charge is 2.44. The van der Waals surface area contributed by atoms with Crippen LogP contribution in [-0.4, -0.2) is 54.8 Å². The van der Waals surface area contributed by atoms with Gasteiger partial charge < -0.3 is 20.3 Å². The second kappa shape index (κ2) is 6.91. The maximum atomic E-state index is 12.3. The Kier molecular flexibility index (Phi) is 6.58. The van der Waals surface area contributed by atoms with E-state index in [0.717, 1.165) is 0 Å². The molecule has 0 aliphatic carbocycles. The number of aliphatic hydroxyl groups is 1. The highest BCUT2D eigenvalue weighted by molar-refractivity contribution is 5.71. The van der Waals surface area contributed by atoms with Gasteiger partial charge in [-0.2, -0.15) is 13.2 Å². The molecule has 0 aromatic heterocycles. The minimum absolute atomic E-state index is 0.143. The van der Waals surface area contributed by atoms with Crippen molar-refractivity contribution in [3.05, 3.63) is 0 Å². The summed E-state index contributed by atoms with van der Waals surface area (Å²) in [6, 6.07) is 0. The molecule has 108 valence electrons. The summed E-state index contributed by atoms with van der Waals surface area (Å²) >= 11 is 0. The van der Waals surface area contributed by atoms with Gasteiger partial charge in [0, 0.05) is 33.2 Å². The molecule has 18 heavy (non-hydrogen) atoms. The number of carboxylic acids is 1. The van der Waals surface area contributed by atoms with Gasteiger partial charge in [0.1, 0.15) is 0 Å². The SMILES string of the molecule is COCCC(C)(O)CNCC(C(=O)O)C(F)(F)F. The number of nitrogens with one attached hydrogen (secondary N) is 1. The highest BCUT2D eigenvalue weighted by atomic mass is 19.4. The van der Waals surface area contributed by atoms with E-state index in [4.69, 9.17) is 9.84 Å². The Morgan fingerprint density at radius 2 is 2.00 bits per heavy atom. The van der Waals surface area contributed by atoms with Gasteiger partial charge in [-0.1, -0.05) is 0 Å². The molecule has 3 N–H and O–H groups in total. The molecule has 0 rings (SSSR count). The second-order valence-electron chi connectivity index (χ2n) is 4.30. The van der Waals surface area contributed by atoms with Crippen LogP contribution in [-0.2, 0) is 9.53 Å². The van der Waals surface area contributed by atoms with E-state index in [1.165, 1.54) is 14.0 Å². The van der Waals surface area contributed by atoms with Crippen LogP contribution in [0.4, 0.5) is 13.2 Å². The Hall–Kier alpha value is -0.860. The molecule has 5 nitrogen and oxygen atoms in total. The van der Waals surface area contributed by atoms with Crippen LogP contribution < -0.4 is 5.32 Å². The number of methoxy groups -OCH3 is 1. The summed E-state index contributed by atoms with van der Waals surface area (Å²) in [5.74, 6) is -4.41. The zero-order valence-corrected chi connectivity index (χ0v) is 10.3. The van der Waals surface area contributed by atoms with Crippen molar-refractivity contribution in [2.75, 3.05) is 26.8 Å². The van der Waals surface area contributed by atoms with Crippen molar-refractivity contribution in [2.45, 2.75) is 25.1 Å². The lowest BCUT2D eigenvalue weighted by Gasteiger charge is -2.25. The molecular weight excluding hydrogens is 255 g/mol. The average molecular weight is 273 g/mol. The van der Waals surface area contributed by atoms with E-state index in [-0.39, 0.29) is 19.6 Å². The third kappa shape index (κ3) is 6.77. The molecule has 0 heterocycles. The maximum Gasteiger partial charge on any atom is 0.403 e. The van der Waals surface area contributed by atoms with Crippen molar-refractivity contribution >= 4 is 5.97 Å². The molecule has 0 radical (unpaired) electrons. The monoisotopic (exact) mass is 273 g/mol. The van der Waals surface area contributed by atoms with Gasteiger partial charge in [0.25, 0.3) is 0 Å². The molecule has 2 unspecified atom stereocenters. The van der Waals surface area contributed by atoms with E-state index in [0.29, 0.717) is 0 Å². The van der Waals surface area contributed by atoms with Gasteiger partial charge >= 0.3 is 12.1 Å². The predicted octanol–water partition coefficient (Wildman–Crippen LogP) is 0.627. The molecule has 0 amide bonds. The van der Waals surface area contributed by atoms with E-state index in [1.807, 2.05) is 0 Å². The molecule has 8 heteroatoms. The molecule has 0 aromatic rings. The topological polar surface area (TPSA) is 78.8 Å². The summed E-state index contributed by atoms with van der Waals surface area (Å²) in [6.07, 6.45) is -4.57. The van der Waals surface area contributed by atoms with Gasteiger partial charge in [0.2, 0.25) is 0 Å². The Balaban J connectivity index is 4.19. The molecule has 0 aliphatic heterocycles. The first-order chi connectivity index (χ1) is 8.10. The van der Waals surface area contributed by atoms with Crippen molar-refractivity contribution in [3.63, 3.8) is 0 Å². The number of halogens is 3. The van der Waals surface area contributed by atoms with Crippen LogP contribution in [0.25, 0.3) is 0 Å². The number of carboxylic acid groups (broad SMARTS) is 1. The molecule has 0 saturated carbocycles. The zero-order chi connectivity index (χ0) is 14.4. The van der Waals surface area contributed by atoms with Crippen LogP contribution in [0.5, 0.6) is 0 Å². The van der Waals surface area contributed by atoms with Crippen molar-refractivity contribution in [2.24, 2.45) is 5.92 Å². The van der Waals surface area contributed by atoms with Crippen LogP contribution in [0.15, 0.2) is 0 Å². The standard InChI is InChI=1S/C10H18F3NO4/c1-9(17,3-4-18-2)6-14-5-7(8(15)16)10(11,12)13/h7,14,17H,3-6H2,1-2H3,(H,15,16). The Morgan fingerprint density at radius 1 is 1.44 bits per heavy atom. The van der Waals surface area contributed by atoms with E-state index in [9.17, 15) is 23.1 Å². The molecule has 0 saturated heterocycles. The van der Waals surface area contributed by atoms with Crippen molar-refractivity contribution < 1.29 is 32.9 Å². The lowest BCUT2D eigenvalue weighted by molar-refractivity contribution is -0.192. The third-order valence-electron chi connectivity index (χ3n) is 2.39. The molecule has 2 atom stereocenters.